The molecule has 0 aliphatic rings. The Hall–Kier alpha value is -3.10. The Balaban J connectivity index is 2.05. The summed E-state index contributed by atoms with van der Waals surface area (Å²) >= 11 is 0. The van der Waals surface area contributed by atoms with Gasteiger partial charge in [0.25, 0.3) is 0 Å². The second kappa shape index (κ2) is 5.52. The van der Waals surface area contributed by atoms with Gasteiger partial charge in [-0.15, -0.1) is 0 Å². The van der Waals surface area contributed by atoms with Crippen molar-refractivity contribution in [1.29, 1.82) is 0 Å². The lowest BCUT2D eigenvalue weighted by Crippen LogP contribution is -2.06. The average Bonchev–Trinajstić information content (AvgIpc) is 2.99. The van der Waals surface area contributed by atoms with E-state index in [1.54, 1.807) is 0 Å². The first-order valence-corrected chi connectivity index (χ1v) is 6.63. The van der Waals surface area contributed by atoms with Crippen molar-refractivity contribution in [3.8, 4) is 17.1 Å². The Morgan fingerprint density at radius 2 is 1.92 bits per heavy atom. The van der Waals surface area contributed by atoms with Crippen LogP contribution in [0.25, 0.3) is 16.8 Å². The number of ether oxygens (including phenoxy) is 1. The summed E-state index contributed by atoms with van der Waals surface area (Å²) < 4.78 is 43.5. The highest BCUT2D eigenvalue weighted by atomic mass is 19.4. The van der Waals surface area contributed by atoms with Crippen molar-refractivity contribution in [3.05, 3.63) is 47.8 Å². The number of hydrogen-bond acceptors (Lipinski definition) is 5. The fraction of sp³-hybridized carbons (Fsp3) is 0.133. The number of rotatable bonds is 2. The molecule has 24 heavy (non-hydrogen) atoms. The molecule has 0 saturated heterocycles. The lowest BCUT2D eigenvalue weighted by atomic mass is 10.1. The molecule has 0 aliphatic heterocycles. The van der Waals surface area contributed by atoms with Crippen LogP contribution in [-0.2, 0) is 10.9 Å². The third-order valence-electron chi connectivity index (χ3n) is 3.31. The van der Waals surface area contributed by atoms with Gasteiger partial charge in [-0.25, -0.2) is 9.31 Å². The molecule has 0 N–H and O–H groups in total. The minimum absolute atomic E-state index is 0.140. The van der Waals surface area contributed by atoms with Crippen molar-refractivity contribution in [1.82, 2.24) is 14.6 Å². The highest BCUT2D eigenvalue weighted by molar-refractivity contribution is 5.89. The van der Waals surface area contributed by atoms with Gasteiger partial charge in [0.1, 0.15) is 0 Å². The second-order valence-electron chi connectivity index (χ2n) is 4.86. The number of hydrogen-bond donors (Lipinski definition) is 0. The molecule has 0 radical (unpaired) electrons. The smallest absolute Gasteiger partial charge is 0.435 e. The number of carbonyl (C=O) groups excluding carboxylic acids is 1. The number of nitrogens with zero attached hydrogens (tertiary/aromatic N) is 3. The number of alkyl halides is 3. The number of halogens is 3. The summed E-state index contributed by atoms with van der Waals surface area (Å²) in [6.45, 7) is 0. The number of benzene rings is 1. The summed E-state index contributed by atoms with van der Waals surface area (Å²) in [6.07, 6.45) is -3.43. The highest BCUT2D eigenvalue weighted by Gasteiger charge is 2.34. The summed E-state index contributed by atoms with van der Waals surface area (Å²) in [5, 5.41) is 15.3. The fourth-order valence-corrected chi connectivity index (χ4v) is 2.14. The van der Waals surface area contributed by atoms with E-state index in [0.29, 0.717) is 17.2 Å². The second-order valence-corrected chi connectivity index (χ2v) is 4.86. The molecule has 6 nitrogen and oxygen atoms in total. The maximum absolute atomic E-state index is 12.7. The molecule has 0 amide bonds. The lowest BCUT2D eigenvalue weighted by Gasteiger charge is -2.10. The average molecular weight is 336 g/mol. The molecule has 124 valence electrons. The summed E-state index contributed by atoms with van der Waals surface area (Å²) in [6, 6.07) is 6.59. The van der Waals surface area contributed by atoms with Crippen LogP contribution < -0.4 is 5.11 Å². The van der Waals surface area contributed by atoms with Crippen LogP contribution in [-0.4, -0.2) is 27.7 Å². The fourth-order valence-electron chi connectivity index (χ4n) is 2.14. The molecule has 0 atom stereocenters. The molecule has 3 aromatic rings. The molecule has 1 aromatic carbocycles. The molecule has 3 rings (SSSR count). The largest absolute Gasteiger partial charge is 0.857 e. The van der Waals surface area contributed by atoms with Crippen LogP contribution in [0.2, 0.25) is 0 Å². The Morgan fingerprint density at radius 1 is 1.25 bits per heavy atom. The van der Waals surface area contributed by atoms with Crippen molar-refractivity contribution in [2.24, 2.45) is 0 Å². The number of aromatic nitrogens is 3. The number of fused-ring (bicyclic) bond motifs is 1. The van der Waals surface area contributed by atoms with Gasteiger partial charge in [-0.1, -0.05) is 12.1 Å². The van der Waals surface area contributed by atoms with Crippen LogP contribution in [0.4, 0.5) is 13.2 Å². The molecular formula is C15H9F3N3O3-. The third-order valence-corrected chi connectivity index (χ3v) is 3.31. The highest BCUT2D eigenvalue weighted by Crippen LogP contribution is 2.31. The van der Waals surface area contributed by atoms with E-state index in [1.807, 2.05) is 0 Å². The third kappa shape index (κ3) is 2.75. The zero-order chi connectivity index (χ0) is 17.5. The van der Waals surface area contributed by atoms with Crippen LogP contribution in [0.15, 0.2) is 36.5 Å². The standard InChI is InChI=1S/C15H10F3N3O3/c1-24-14(23)9-4-2-8(3-5-9)10-7-21-11(13(22)19-10)6-12(20-21)15(16,17)18/h2-7H,1H3,(H,19,22)/p-1. The molecule has 0 fully saturated rings. The lowest BCUT2D eigenvalue weighted by molar-refractivity contribution is -0.272. The molecule has 0 unspecified atom stereocenters. The van der Waals surface area contributed by atoms with Crippen LogP contribution >= 0.6 is 0 Å². The van der Waals surface area contributed by atoms with E-state index >= 15 is 0 Å². The SMILES string of the molecule is COC(=O)c1ccc(-c2cn3nc(C(F)(F)F)cc3c([O-])n2)cc1. The van der Waals surface area contributed by atoms with E-state index in [1.165, 1.54) is 37.6 Å². The van der Waals surface area contributed by atoms with Gasteiger partial charge in [0.2, 0.25) is 0 Å². The van der Waals surface area contributed by atoms with E-state index in [0.717, 1.165) is 4.52 Å². The number of carbonyl (C=O) groups is 1. The van der Waals surface area contributed by atoms with Crippen LogP contribution in [0.3, 0.4) is 0 Å². The molecule has 0 bridgehead atoms. The van der Waals surface area contributed by atoms with Gasteiger partial charge in [0, 0.05) is 11.4 Å². The maximum atomic E-state index is 12.7. The topological polar surface area (TPSA) is 79.5 Å². The van der Waals surface area contributed by atoms with Crippen molar-refractivity contribution < 1.29 is 27.8 Å². The summed E-state index contributed by atoms with van der Waals surface area (Å²) in [4.78, 5) is 15.1. The van der Waals surface area contributed by atoms with Crippen LogP contribution in [0.5, 0.6) is 5.88 Å². The predicted molar refractivity (Wildman–Crippen MR) is 74.2 cm³/mol. The van der Waals surface area contributed by atoms with Crippen molar-refractivity contribution in [2.45, 2.75) is 6.18 Å². The van der Waals surface area contributed by atoms with Gasteiger partial charge < -0.3 is 9.84 Å². The Bertz CT molecular complexity index is 917. The Labute approximate surface area is 133 Å². The first-order valence-electron chi connectivity index (χ1n) is 6.63. The van der Waals surface area contributed by atoms with E-state index in [9.17, 15) is 23.1 Å². The summed E-state index contributed by atoms with van der Waals surface area (Å²) in [5.41, 5.74) is -0.550. The molecule has 0 spiro atoms. The minimum Gasteiger partial charge on any atom is -0.857 e. The normalized spacial score (nSPS) is 11.7. The molecule has 9 heteroatoms. The van der Waals surface area contributed by atoms with E-state index in [2.05, 4.69) is 14.8 Å². The van der Waals surface area contributed by atoms with E-state index < -0.39 is 23.7 Å². The van der Waals surface area contributed by atoms with E-state index in [4.69, 9.17) is 0 Å². The van der Waals surface area contributed by atoms with Crippen molar-refractivity contribution in [3.63, 3.8) is 0 Å². The first-order chi connectivity index (χ1) is 11.3. The van der Waals surface area contributed by atoms with E-state index in [-0.39, 0.29) is 11.2 Å². The monoisotopic (exact) mass is 336 g/mol. The van der Waals surface area contributed by atoms with Crippen LogP contribution in [0, 0.1) is 0 Å². The van der Waals surface area contributed by atoms with Gasteiger partial charge in [-0.05, 0) is 18.2 Å². The number of esters is 1. The van der Waals surface area contributed by atoms with Gasteiger partial charge in [0.05, 0.1) is 30.1 Å². The zero-order valence-electron chi connectivity index (χ0n) is 12.2. The molecule has 0 aliphatic carbocycles. The van der Waals surface area contributed by atoms with Crippen LogP contribution in [0.1, 0.15) is 16.1 Å². The molecule has 2 aromatic heterocycles. The van der Waals surface area contributed by atoms with Gasteiger partial charge in [-0.2, -0.15) is 18.3 Å². The Morgan fingerprint density at radius 3 is 2.50 bits per heavy atom. The van der Waals surface area contributed by atoms with Gasteiger partial charge in [0.15, 0.2) is 5.69 Å². The van der Waals surface area contributed by atoms with Crippen molar-refractivity contribution in [2.75, 3.05) is 7.11 Å². The number of methoxy groups -OCH3 is 1. The first kappa shape index (κ1) is 15.8. The summed E-state index contributed by atoms with van der Waals surface area (Å²) in [7, 11) is 1.24. The Kier molecular flexibility index (Phi) is 3.63. The van der Waals surface area contributed by atoms with Gasteiger partial charge >= 0.3 is 12.1 Å². The minimum atomic E-state index is -4.65. The predicted octanol–water partition coefficient (Wildman–Crippen LogP) is 2.28. The van der Waals surface area contributed by atoms with Gasteiger partial charge in [-0.3, -0.25) is 4.98 Å². The molecular weight excluding hydrogens is 327 g/mol. The molecule has 2 heterocycles. The quantitative estimate of drug-likeness (QED) is 0.671. The molecule has 0 saturated carbocycles. The zero-order valence-corrected chi connectivity index (χ0v) is 12.2. The van der Waals surface area contributed by atoms with Crippen molar-refractivity contribution >= 4 is 11.5 Å². The maximum Gasteiger partial charge on any atom is 0.435 e. The summed E-state index contributed by atoms with van der Waals surface area (Å²) in [5.74, 6) is -1.36.